The lowest BCUT2D eigenvalue weighted by Gasteiger charge is -2.08. The van der Waals surface area contributed by atoms with Crippen molar-refractivity contribution in [3.63, 3.8) is 0 Å². The Hall–Kier alpha value is -2.08. The first-order valence-electron chi connectivity index (χ1n) is 7.29. The Bertz CT molecular complexity index is 642. The summed E-state index contributed by atoms with van der Waals surface area (Å²) in [6.07, 6.45) is 9.40. The fourth-order valence-corrected chi connectivity index (χ4v) is 3.08. The van der Waals surface area contributed by atoms with Crippen LogP contribution in [0.3, 0.4) is 0 Å². The van der Waals surface area contributed by atoms with Gasteiger partial charge in [-0.2, -0.15) is 10.4 Å². The van der Waals surface area contributed by atoms with Crippen molar-refractivity contribution >= 4 is 0 Å². The average molecular weight is 265 g/mol. The van der Waals surface area contributed by atoms with Crippen LogP contribution in [0.4, 0.5) is 0 Å². The molecular formula is C17H19N3. The number of benzene rings is 1. The summed E-state index contributed by atoms with van der Waals surface area (Å²) in [4.78, 5) is 0. The van der Waals surface area contributed by atoms with E-state index in [-0.39, 0.29) is 0 Å². The van der Waals surface area contributed by atoms with Gasteiger partial charge in [0.25, 0.3) is 0 Å². The highest BCUT2D eigenvalue weighted by atomic mass is 15.3. The first kappa shape index (κ1) is 12.9. The van der Waals surface area contributed by atoms with Crippen molar-refractivity contribution < 1.29 is 0 Å². The molecule has 0 saturated heterocycles. The van der Waals surface area contributed by atoms with Crippen molar-refractivity contribution in [2.45, 2.75) is 39.2 Å². The molecule has 102 valence electrons. The monoisotopic (exact) mass is 265 g/mol. The minimum atomic E-state index is 0.712. The van der Waals surface area contributed by atoms with Crippen LogP contribution in [-0.2, 0) is 6.54 Å². The van der Waals surface area contributed by atoms with Crippen molar-refractivity contribution in [3.8, 4) is 17.2 Å². The van der Waals surface area contributed by atoms with Crippen LogP contribution in [0, 0.1) is 24.2 Å². The molecule has 0 N–H and O–H groups in total. The smallest absolute Gasteiger partial charge is 0.0991 e. The van der Waals surface area contributed by atoms with Gasteiger partial charge in [0.2, 0.25) is 0 Å². The van der Waals surface area contributed by atoms with E-state index < -0.39 is 0 Å². The molecule has 0 amide bonds. The van der Waals surface area contributed by atoms with Gasteiger partial charge in [0.15, 0.2) is 0 Å². The maximum atomic E-state index is 9.06. The molecule has 20 heavy (non-hydrogen) atoms. The zero-order valence-electron chi connectivity index (χ0n) is 11.8. The van der Waals surface area contributed by atoms with Gasteiger partial charge in [0, 0.05) is 18.3 Å². The van der Waals surface area contributed by atoms with Crippen molar-refractivity contribution in [1.29, 1.82) is 5.26 Å². The molecule has 0 atom stereocenters. The van der Waals surface area contributed by atoms with E-state index in [0.29, 0.717) is 5.56 Å². The minimum absolute atomic E-state index is 0.712. The molecule has 3 heteroatoms. The second kappa shape index (κ2) is 5.50. The molecule has 2 aromatic rings. The third kappa shape index (κ3) is 2.75. The molecule has 1 aromatic heterocycles. The van der Waals surface area contributed by atoms with E-state index in [1.165, 1.54) is 25.7 Å². The summed E-state index contributed by atoms with van der Waals surface area (Å²) in [6.45, 7) is 3.05. The zero-order valence-corrected chi connectivity index (χ0v) is 11.8. The van der Waals surface area contributed by atoms with Crippen molar-refractivity contribution in [2.24, 2.45) is 5.92 Å². The summed E-state index contributed by atoms with van der Waals surface area (Å²) in [6, 6.07) is 8.17. The molecule has 0 radical (unpaired) electrons. The van der Waals surface area contributed by atoms with Gasteiger partial charge < -0.3 is 0 Å². The lowest BCUT2D eigenvalue weighted by molar-refractivity contribution is 0.429. The molecule has 1 aliphatic carbocycles. The van der Waals surface area contributed by atoms with Gasteiger partial charge in [-0.15, -0.1) is 0 Å². The van der Waals surface area contributed by atoms with E-state index in [4.69, 9.17) is 5.26 Å². The summed E-state index contributed by atoms with van der Waals surface area (Å²) < 4.78 is 2.06. The highest BCUT2D eigenvalue weighted by Crippen LogP contribution is 2.27. The summed E-state index contributed by atoms with van der Waals surface area (Å²) in [5.41, 5.74) is 4.01. The van der Waals surface area contributed by atoms with Crippen LogP contribution in [0.25, 0.3) is 11.1 Å². The van der Waals surface area contributed by atoms with E-state index >= 15 is 0 Å². The Morgan fingerprint density at radius 1 is 1.25 bits per heavy atom. The quantitative estimate of drug-likeness (QED) is 0.844. The standard InChI is InChI=1S/C17H19N3/c1-13-6-15(9-18)8-16(7-13)17-10-19-20(12-17)11-14-4-2-3-5-14/h6-8,10,12,14H,2-5,11H2,1H3. The first-order chi connectivity index (χ1) is 9.74. The largest absolute Gasteiger partial charge is 0.272 e. The number of rotatable bonds is 3. The number of aryl methyl sites for hydroxylation is 1. The molecule has 1 aliphatic rings. The topological polar surface area (TPSA) is 41.6 Å². The van der Waals surface area contributed by atoms with Gasteiger partial charge in [-0.05, 0) is 48.9 Å². The molecule has 0 bridgehead atoms. The van der Waals surface area contributed by atoms with Gasteiger partial charge in [-0.3, -0.25) is 4.68 Å². The normalized spacial score (nSPS) is 15.4. The van der Waals surface area contributed by atoms with E-state index in [1.807, 2.05) is 25.3 Å². The van der Waals surface area contributed by atoms with Gasteiger partial charge >= 0.3 is 0 Å². The predicted molar refractivity (Wildman–Crippen MR) is 79.1 cm³/mol. The summed E-state index contributed by atoms with van der Waals surface area (Å²) >= 11 is 0. The molecule has 3 rings (SSSR count). The molecule has 0 unspecified atom stereocenters. The van der Waals surface area contributed by atoms with Crippen LogP contribution in [0.1, 0.15) is 36.8 Å². The number of nitrogens with zero attached hydrogens (tertiary/aromatic N) is 3. The van der Waals surface area contributed by atoms with E-state index in [9.17, 15) is 0 Å². The Labute approximate surface area is 119 Å². The van der Waals surface area contributed by atoms with Gasteiger partial charge in [0.1, 0.15) is 0 Å². The lowest BCUT2D eigenvalue weighted by atomic mass is 10.0. The van der Waals surface area contributed by atoms with Crippen LogP contribution in [-0.4, -0.2) is 9.78 Å². The lowest BCUT2D eigenvalue weighted by Crippen LogP contribution is -2.07. The van der Waals surface area contributed by atoms with Crippen molar-refractivity contribution in [2.75, 3.05) is 0 Å². The van der Waals surface area contributed by atoms with Crippen LogP contribution in [0.15, 0.2) is 30.6 Å². The van der Waals surface area contributed by atoms with Crippen LogP contribution < -0.4 is 0 Å². The van der Waals surface area contributed by atoms with Crippen molar-refractivity contribution in [1.82, 2.24) is 9.78 Å². The molecule has 1 heterocycles. The highest BCUT2D eigenvalue weighted by Gasteiger charge is 2.16. The van der Waals surface area contributed by atoms with Crippen molar-refractivity contribution in [3.05, 3.63) is 41.7 Å². The third-order valence-corrected chi connectivity index (χ3v) is 4.09. The number of hydrogen-bond acceptors (Lipinski definition) is 2. The first-order valence-corrected chi connectivity index (χ1v) is 7.29. The molecule has 1 aromatic carbocycles. The maximum Gasteiger partial charge on any atom is 0.0991 e. The Morgan fingerprint density at radius 2 is 2.05 bits per heavy atom. The summed E-state index contributed by atoms with van der Waals surface area (Å²) in [7, 11) is 0. The molecular weight excluding hydrogens is 246 g/mol. The predicted octanol–water partition coefficient (Wildman–Crippen LogP) is 3.92. The fraction of sp³-hybridized carbons (Fsp3) is 0.412. The molecule has 1 fully saturated rings. The maximum absolute atomic E-state index is 9.06. The van der Waals surface area contributed by atoms with Crippen LogP contribution in [0.5, 0.6) is 0 Å². The van der Waals surface area contributed by atoms with E-state index in [2.05, 4.69) is 28.1 Å². The van der Waals surface area contributed by atoms with E-state index in [1.54, 1.807) is 0 Å². The van der Waals surface area contributed by atoms with Gasteiger partial charge in [-0.25, -0.2) is 0 Å². The highest BCUT2D eigenvalue weighted by molar-refractivity contribution is 5.64. The Morgan fingerprint density at radius 3 is 2.80 bits per heavy atom. The second-order valence-corrected chi connectivity index (χ2v) is 5.80. The average Bonchev–Trinajstić information content (AvgIpc) is 3.10. The zero-order chi connectivity index (χ0) is 13.9. The molecule has 1 saturated carbocycles. The third-order valence-electron chi connectivity index (χ3n) is 4.09. The second-order valence-electron chi connectivity index (χ2n) is 5.80. The van der Waals surface area contributed by atoms with E-state index in [0.717, 1.165) is 29.2 Å². The number of hydrogen-bond donors (Lipinski definition) is 0. The number of aromatic nitrogens is 2. The Kier molecular flexibility index (Phi) is 3.56. The summed E-state index contributed by atoms with van der Waals surface area (Å²) in [5, 5.41) is 13.5. The molecule has 3 nitrogen and oxygen atoms in total. The van der Waals surface area contributed by atoms with Crippen LogP contribution >= 0.6 is 0 Å². The number of nitriles is 1. The summed E-state index contributed by atoms with van der Waals surface area (Å²) in [5.74, 6) is 0.787. The molecule has 0 spiro atoms. The van der Waals surface area contributed by atoms with Crippen LogP contribution in [0.2, 0.25) is 0 Å². The van der Waals surface area contributed by atoms with Gasteiger partial charge in [0.05, 0.1) is 17.8 Å². The fourth-order valence-electron chi connectivity index (χ4n) is 3.08. The SMILES string of the molecule is Cc1cc(C#N)cc(-c2cnn(CC3CCCC3)c2)c1. The van der Waals surface area contributed by atoms with Gasteiger partial charge in [-0.1, -0.05) is 18.9 Å². The molecule has 0 aliphatic heterocycles. The Balaban J connectivity index is 1.82. The minimum Gasteiger partial charge on any atom is -0.272 e.